The molecule has 3 aromatic rings. The number of fused-ring (bicyclic) bond motifs is 1. The molecule has 0 saturated carbocycles. The lowest BCUT2D eigenvalue weighted by molar-refractivity contribution is -0.132. The third-order valence-electron chi connectivity index (χ3n) is 4.01. The van der Waals surface area contributed by atoms with Crippen molar-refractivity contribution in [3.63, 3.8) is 0 Å². The highest BCUT2D eigenvalue weighted by molar-refractivity contribution is 5.76. The molecule has 1 amide bonds. The lowest BCUT2D eigenvalue weighted by Crippen LogP contribution is -2.50. The fourth-order valence-electron chi connectivity index (χ4n) is 2.81. The van der Waals surface area contributed by atoms with Gasteiger partial charge in [-0.2, -0.15) is 14.6 Å². The second-order valence-corrected chi connectivity index (χ2v) is 5.60. The Morgan fingerprint density at radius 1 is 1.25 bits per heavy atom. The molecule has 11 heteroatoms. The highest BCUT2D eigenvalue weighted by Gasteiger charge is 2.23. The second kappa shape index (κ2) is 5.83. The molecule has 1 saturated heterocycles. The maximum absolute atomic E-state index is 12.3. The Balaban J connectivity index is 1.45. The number of carbonyl (C=O) groups excluding carboxylic acids is 1. The van der Waals surface area contributed by atoms with Crippen LogP contribution in [0.2, 0.25) is 0 Å². The molecule has 124 valence electrons. The Hall–Kier alpha value is -3.11. The quantitative estimate of drug-likeness (QED) is 0.587. The smallest absolute Gasteiger partial charge is 0.254 e. The molecule has 0 spiro atoms. The summed E-state index contributed by atoms with van der Waals surface area (Å²) in [5.74, 6) is 1.54. The van der Waals surface area contributed by atoms with Crippen LogP contribution in [0, 0.1) is 6.92 Å². The van der Waals surface area contributed by atoms with Crippen LogP contribution in [0.15, 0.2) is 18.7 Å². The number of anilines is 1. The van der Waals surface area contributed by atoms with Gasteiger partial charge in [-0.05, 0) is 17.4 Å². The van der Waals surface area contributed by atoms with Gasteiger partial charge in [-0.3, -0.25) is 4.79 Å². The molecule has 3 aromatic heterocycles. The van der Waals surface area contributed by atoms with Gasteiger partial charge in [0.1, 0.15) is 25.0 Å². The van der Waals surface area contributed by atoms with E-state index in [-0.39, 0.29) is 12.5 Å². The monoisotopic (exact) mass is 328 g/mol. The number of carbonyl (C=O) groups is 1. The summed E-state index contributed by atoms with van der Waals surface area (Å²) < 4.78 is 3.16. The van der Waals surface area contributed by atoms with Crippen LogP contribution in [0.1, 0.15) is 5.69 Å². The third-order valence-corrected chi connectivity index (χ3v) is 4.01. The van der Waals surface area contributed by atoms with Gasteiger partial charge in [0.25, 0.3) is 5.78 Å². The van der Waals surface area contributed by atoms with Crippen LogP contribution >= 0.6 is 0 Å². The SMILES string of the molecule is Cc1cc(N2CCN(C(=O)Cn3cnnn3)CC2)n2ncnc2n1. The van der Waals surface area contributed by atoms with Crippen molar-refractivity contribution in [2.24, 2.45) is 0 Å². The van der Waals surface area contributed by atoms with Gasteiger partial charge in [0.05, 0.1) is 0 Å². The molecular formula is C13H16N10O. The van der Waals surface area contributed by atoms with Gasteiger partial charge in [0, 0.05) is 37.9 Å². The molecule has 0 unspecified atom stereocenters. The van der Waals surface area contributed by atoms with Crippen LogP contribution in [0.5, 0.6) is 0 Å². The van der Waals surface area contributed by atoms with E-state index in [1.165, 1.54) is 17.3 Å². The summed E-state index contributed by atoms with van der Waals surface area (Å²) in [5.41, 5.74) is 0.891. The molecule has 4 rings (SSSR count). The lowest BCUT2D eigenvalue weighted by Gasteiger charge is -2.35. The van der Waals surface area contributed by atoms with Gasteiger partial charge in [-0.25, -0.2) is 9.67 Å². The molecule has 0 N–H and O–H groups in total. The molecule has 0 bridgehead atoms. The Labute approximate surface area is 136 Å². The molecule has 0 atom stereocenters. The summed E-state index contributed by atoms with van der Waals surface area (Å²) in [6.07, 6.45) is 2.94. The highest BCUT2D eigenvalue weighted by atomic mass is 16.2. The number of tetrazole rings is 1. The van der Waals surface area contributed by atoms with E-state index in [0.717, 1.165) is 24.6 Å². The van der Waals surface area contributed by atoms with E-state index >= 15 is 0 Å². The van der Waals surface area contributed by atoms with Gasteiger partial charge in [0.2, 0.25) is 5.91 Å². The number of rotatable bonds is 3. The Kier molecular flexibility index (Phi) is 3.52. The minimum atomic E-state index is 0.0127. The summed E-state index contributed by atoms with van der Waals surface area (Å²) in [6, 6.07) is 1.99. The fourth-order valence-corrected chi connectivity index (χ4v) is 2.81. The molecule has 0 radical (unpaired) electrons. The number of hydrogen-bond acceptors (Lipinski definition) is 8. The largest absolute Gasteiger partial charge is 0.353 e. The third kappa shape index (κ3) is 2.64. The van der Waals surface area contributed by atoms with Crippen molar-refractivity contribution < 1.29 is 4.79 Å². The van der Waals surface area contributed by atoms with Crippen molar-refractivity contribution in [2.75, 3.05) is 31.1 Å². The summed E-state index contributed by atoms with van der Waals surface area (Å²) in [4.78, 5) is 24.8. The first-order chi connectivity index (χ1) is 11.7. The van der Waals surface area contributed by atoms with Crippen molar-refractivity contribution in [1.82, 2.24) is 44.7 Å². The van der Waals surface area contributed by atoms with E-state index in [1.54, 1.807) is 4.52 Å². The molecule has 4 heterocycles. The van der Waals surface area contributed by atoms with Crippen LogP contribution in [0.4, 0.5) is 5.82 Å². The molecule has 1 aliphatic heterocycles. The van der Waals surface area contributed by atoms with Gasteiger partial charge in [0.15, 0.2) is 0 Å². The van der Waals surface area contributed by atoms with Crippen LogP contribution in [-0.4, -0.2) is 76.8 Å². The predicted octanol–water partition coefficient (Wildman–Crippen LogP) is -1.23. The van der Waals surface area contributed by atoms with Gasteiger partial charge in [-0.1, -0.05) is 0 Å². The topological polar surface area (TPSA) is 110 Å². The van der Waals surface area contributed by atoms with Crippen LogP contribution in [0.25, 0.3) is 5.78 Å². The maximum Gasteiger partial charge on any atom is 0.254 e. The number of aryl methyl sites for hydroxylation is 1. The minimum Gasteiger partial charge on any atom is -0.353 e. The Morgan fingerprint density at radius 2 is 2.08 bits per heavy atom. The number of piperazine rings is 1. The number of nitrogens with zero attached hydrogens (tertiary/aromatic N) is 10. The Bertz CT molecular complexity index is 849. The minimum absolute atomic E-state index is 0.0127. The summed E-state index contributed by atoms with van der Waals surface area (Å²) in [5, 5.41) is 15.0. The van der Waals surface area contributed by atoms with E-state index in [4.69, 9.17) is 0 Å². The highest BCUT2D eigenvalue weighted by Crippen LogP contribution is 2.18. The molecule has 0 aromatic carbocycles. The van der Waals surface area contributed by atoms with E-state index in [2.05, 4.69) is 35.5 Å². The Morgan fingerprint density at radius 3 is 2.83 bits per heavy atom. The molecule has 1 aliphatic rings. The van der Waals surface area contributed by atoms with Crippen molar-refractivity contribution >= 4 is 17.5 Å². The molecule has 1 fully saturated rings. The van der Waals surface area contributed by atoms with Crippen molar-refractivity contribution in [1.29, 1.82) is 0 Å². The van der Waals surface area contributed by atoms with Crippen LogP contribution < -0.4 is 4.90 Å². The zero-order chi connectivity index (χ0) is 16.5. The predicted molar refractivity (Wildman–Crippen MR) is 82.1 cm³/mol. The van der Waals surface area contributed by atoms with Gasteiger partial charge >= 0.3 is 0 Å². The zero-order valence-corrected chi connectivity index (χ0v) is 13.1. The first-order valence-corrected chi connectivity index (χ1v) is 7.61. The average Bonchev–Trinajstić information content (AvgIpc) is 3.25. The van der Waals surface area contributed by atoms with Gasteiger partial charge < -0.3 is 9.80 Å². The van der Waals surface area contributed by atoms with Gasteiger partial charge in [-0.15, -0.1) is 5.10 Å². The van der Waals surface area contributed by atoms with Crippen molar-refractivity contribution in [3.8, 4) is 0 Å². The van der Waals surface area contributed by atoms with E-state index in [9.17, 15) is 4.79 Å². The second-order valence-electron chi connectivity index (χ2n) is 5.60. The number of aromatic nitrogens is 8. The summed E-state index contributed by atoms with van der Waals surface area (Å²) in [6.45, 7) is 4.81. The number of amides is 1. The standard InChI is InChI=1S/C13H16N10O/c1-10-6-11(23-13(17-10)14-8-16-23)20-2-4-21(5-3-20)12(24)7-22-9-15-18-19-22/h6,8-9H,2-5,7H2,1H3. The average molecular weight is 328 g/mol. The van der Waals surface area contributed by atoms with E-state index in [0.29, 0.717) is 18.9 Å². The van der Waals surface area contributed by atoms with Crippen LogP contribution in [0.3, 0.4) is 0 Å². The van der Waals surface area contributed by atoms with E-state index < -0.39 is 0 Å². The number of hydrogen-bond donors (Lipinski definition) is 0. The first-order valence-electron chi connectivity index (χ1n) is 7.61. The summed E-state index contributed by atoms with van der Waals surface area (Å²) in [7, 11) is 0. The van der Waals surface area contributed by atoms with Crippen molar-refractivity contribution in [2.45, 2.75) is 13.5 Å². The zero-order valence-electron chi connectivity index (χ0n) is 13.1. The first kappa shape index (κ1) is 14.5. The van der Waals surface area contributed by atoms with Crippen molar-refractivity contribution in [3.05, 3.63) is 24.4 Å². The molecular weight excluding hydrogens is 312 g/mol. The summed E-state index contributed by atoms with van der Waals surface area (Å²) >= 11 is 0. The fraction of sp³-hybridized carbons (Fsp3) is 0.462. The lowest BCUT2D eigenvalue weighted by atomic mass is 10.3. The van der Waals surface area contributed by atoms with Crippen LogP contribution in [-0.2, 0) is 11.3 Å². The molecule has 24 heavy (non-hydrogen) atoms. The molecule has 0 aliphatic carbocycles. The normalized spacial score (nSPS) is 15.2. The molecule has 11 nitrogen and oxygen atoms in total. The maximum atomic E-state index is 12.3. The van der Waals surface area contributed by atoms with E-state index in [1.807, 2.05) is 17.9 Å².